The van der Waals surface area contributed by atoms with Crippen LogP contribution in [-0.2, 0) is 0 Å². The maximum absolute atomic E-state index is 5.30. The Hall–Kier alpha value is -0.640. The third-order valence-electron chi connectivity index (χ3n) is 1.77. The number of hydrogen-bond acceptors (Lipinski definition) is 4. The van der Waals surface area contributed by atoms with Crippen molar-refractivity contribution in [2.45, 2.75) is 20.8 Å². The van der Waals surface area contributed by atoms with Crippen LogP contribution in [0, 0.1) is 0 Å². The highest BCUT2D eigenvalue weighted by Crippen LogP contribution is 2.26. The van der Waals surface area contributed by atoms with E-state index in [-0.39, 0.29) is 0 Å². The first-order valence-electron chi connectivity index (χ1n) is 5.70. The molecule has 0 atom stereocenters. The number of ether oxygens (including phenoxy) is 1. The molecule has 0 spiro atoms. The second-order valence-corrected chi connectivity index (χ2v) is 4.36. The normalized spacial score (nSPS) is 9.58. The first kappa shape index (κ1) is 18.4. The van der Waals surface area contributed by atoms with Crippen LogP contribution in [0.5, 0.6) is 5.88 Å². The Labute approximate surface area is 135 Å². The summed E-state index contributed by atoms with van der Waals surface area (Å²) in [6.07, 6.45) is 5.26. The van der Waals surface area contributed by atoms with Gasteiger partial charge >= 0.3 is 0 Å². The number of allylic oxidation sites excluding steroid dienone is 1. The number of hydrogen-bond donors (Lipinski definition) is 3. The Morgan fingerprint density at radius 2 is 2.16 bits per heavy atom. The van der Waals surface area contributed by atoms with Crippen molar-refractivity contribution >= 4 is 49.8 Å². The van der Waals surface area contributed by atoms with Gasteiger partial charge in [0, 0.05) is 34.4 Å². The molecule has 2 aromatic heterocycles. The minimum absolute atomic E-state index is 0.568. The van der Waals surface area contributed by atoms with Gasteiger partial charge in [-0.3, -0.25) is 5.84 Å². The van der Waals surface area contributed by atoms with E-state index in [1.807, 2.05) is 68.0 Å². The molecule has 0 bridgehead atoms. The Morgan fingerprint density at radius 3 is 2.74 bits per heavy atom. The van der Waals surface area contributed by atoms with Gasteiger partial charge in [0.1, 0.15) is 5.65 Å². The summed E-state index contributed by atoms with van der Waals surface area (Å²) in [6.45, 7) is 5.89. The molecule has 0 radical (unpaired) electrons. The van der Waals surface area contributed by atoms with Crippen LogP contribution in [0.2, 0.25) is 0 Å². The lowest BCUT2D eigenvalue weighted by molar-refractivity contribution is 0.459. The number of pyridine rings is 1. The number of nitrogens with one attached hydrogen (secondary N) is 2. The standard InChI is InChI=1S/C10H9BrN2O.C2H6.H3IN2/c1-2-5-14-10-8(11)6-7-3-4-12-9(7)13-10;1-2;1-3-2/h2-6H,1H3,(H,12,13);1-2H3;3H,2H2/b5-2+;;. The number of nitrogens with two attached hydrogens (primary N) is 1. The molecule has 7 heteroatoms. The fraction of sp³-hybridized carbons (Fsp3) is 0.250. The maximum Gasteiger partial charge on any atom is 0.234 e. The van der Waals surface area contributed by atoms with Crippen molar-refractivity contribution in [3.8, 4) is 5.88 Å². The summed E-state index contributed by atoms with van der Waals surface area (Å²) >= 11 is 5.21. The molecule has 0 saturated carbocycles. The number of rotatable bonds is 2. The molecule has 0 aliphatic rings. The Bertz CT molecular complexity index is 501. The number of H-pyrrole nitrogens is 1. The van der Waals surface area contributed by atoms with Crippen molar-refractivity contribution in [2.75, 3.05) is 0 Å². The molecular formula is C12H18BrIN4O. The van der Waals surface area contributed by atoms with Crippen molar-refractivity contribution in [3.63, 3.8) is 0 Å². The predicted octanol–water partition coefficient (Wildman–Crippen LogP) is 4.06. The molecule has 19 heavy (non-hydrogen) atoms. The maximum atomic E-state index is 5.30. The fourth-order valence-electron chi connectivity index (χ4n) is 1.15. The van der Waals surface area contributed by atoms with Crippen molar-refractivity contribution < 1.29 is 4.74 Å². The molecule has 0 saturated heterocycles. The van der Waals surface area contributed by atoms with Gasteiger partial charge in [0.25, 0.3) is 0 Å². The van der Waals surface area contributed by atoms with E-state index in [2.05, 4.69) is 35.4 Å². The van der Waals surface area contributed by atoms with Gasteiger partial charge in [-0.1, -0.05) is 19.9 Å². The number of nitrogens with zero attached hydrogens (tertiary/aromatic N) is 1. The lowest BCUT2D eigenvalue weighted by atomic mass is 10.3. The van der Waals surface area contributed by atoms with Gasteiger partial charge in [-0.15, -0.1) is 0 Å². The predicted molar refractivity (Wildman–Crippen MR) is 91.9 cm³/mol. The van der Waals surface area contributed by atoms with E-state index in [4.69, 9.17) is 4.74 Å². The first-order valence-corrected chi connectivity index (χ1v) is 7.57. The van der Waals surface area contributed by atoms with Gasteiger partial charge in [0.15, 0.2) is 0 Å². The van der Waals surface area contributed by atoms with Crippen LogP contribution < -0.4 is 14.2 Å². The zero-order valence-electron chi connectivity index (χ0n) is 11.1. The summed E-state index contributed by atoms with van der Waals surface area (Å²) in [5.41, 5.74) is 0.827. The summed E-state index contributed by atoms with van der Waals surface area (Å²) in [5.74, 6) is 5.15. The average molecular weight is 441 g/mol. The van der Waals surface area contributed by atoms with E-state index in [0.717, 1.165) is 15.5 Å². The van der Waals surface area contributed by atoms with Crippen LogP contribution >= 0.6 is 38.8 Å². The van der Waals surface area contributed by atoms with E-state index >= 15 is 0 Å². The quantitative estimate of drug-likeness (QED) is 0.216. The van der Waals surface area contributed by atoms with Crippen molar-refractivity contribution in [2.24, 2.45) is 5.84 Å². The summed E-state index contributed by atoms with van der Waals surface area (Å²) in [7, 11) is 0. The van der Waals surface area contributed by atoms with E-state index in [1.165, 1.54) is 0 Å². The zero-order valence-corrected chi connectivity index (χ0v) is 14.8. The summed E-state index contributed by atoms with van der Waals surface area (Å²) in [4.78, 5) is 7.32. The summed E-state index contributed by atoms with van der Waals surface area (Å²) < 4.78 is 8.37. The topological polar surface area (TPSA) is 76.0 Å². The lowest BCUT2D eigenvalue weighted by Gasteiger charge is -2.01. The van der Waals surface area contributed by atoms with E-state index < -0.39 is 0 Å². The Morgan fingerprint density at radius 1 is 1.53 bits per heavy atom. The second-order valence-electron chi connectivity index (χ2n) is 2.89. The van der Waals surface area contributed by atoms with E-state index in [1.54, 1.807) is 6.26 Å². The third kappa shape index (κ3) is 6.37. The molecular weight excluding hydrogens is 423 g/mol. The number of fused-ring (bicyclic) bond motifs is 1. The highest BCUT2D eigenvalue weighted by molar-refractivity contribution is 14.1. The van der Waals surface area contributed by atoms with Gasteiger partial charge in [0.05, 0.1) is 10.7 Å². The van der Waals surface area contributed by atoms with Crippen LogP contribution in [-0.4, -0.2) is 9.97 Å². The van der Waals surface area contributed by atoms with Crippen molar-refractivity contribution in [3.05, 3.63) is 35.1 Å². The Balaban J connectivity index is 0.000000573. The highest BCUT2D eigenvalue weighted by Gasteiger charge is 2.04. The highest BCUT2D eigenvalue weighted by atomic mass is 127. The number of aromatic amines is 1. The minimum Gasteiger partial charge on any atom is -0.446 e. The molecule has 0 fully saturated rings. The zero-order chi connectivity index (χ0) is 14.7. The number of aromatic nitrogens is 2. The molecule has 106 valence electrons. The third-order valence-corrected chi connectivity index (χ3v) is 2.34. The van der Waals surface area contributed by atoms with Gasteiger partial charge in [0.2, 0.25) is 5.88 Å². The smallest absolute Gasteiger partial charge is 0.234 e. The number of halogens is 2. The molecule has 0 aliphatic carbocycles. The van der Waals surface area contributed by atoms with E-state index in [9.17, 15) is 0 Å². The van der Waals surface area contributed by atoms with Crippen LogP contribution in [0.1, 0.15) is 20.8 Å². The van der Waals surface area contributed by atoms with Crippen LogP contribution in [0.25, 0.3) is 11.0 Å². The van der Waals surface area contributed by atoms with Crippen molar-refractivity contribution in [1.29, 1.82) is 0 Å². The molecule has 5 nitrogen and oxygen atoms in total. The largest absolute Gasteiger partial charge is 0.446 e. The van der Waals surface area contributed by atoms with E-state index in [0.29, 0.717) is 5.88 Å². The van der Waals surface area contributed by atoms with Crippen LogP contribution in [0.3, 0.4) is 0 Å². The molecule has 4 N–H and O–H groups in total. The molecule has 0 amide bonds. The van der Waals surface area contributed by atoms with Gasteiger partial charge in [-0.2, -0.15) is 4.98 Å². The van der Waals surface area contributed by atoms with Gasteiger partial charge in [-0.05, 0) is 35.0 Å². The lowest BCUT2D eigenvalue weighted by Crippen LogP contribution is -2.04. The molecule has 0 unspecified atom stereocenters. The minimum atomic E-state index is 0.568. The summed E-state index contributed by atoms with van der Waals surface area (Å²) in [5, 5.41) is 1.06. The van der Waals surface area contributed by atoms with Crippen LogP contribution in [0.15, 0.2) is 35.1 Å². The second kappa shape index (κ2) is 11.2. The average Bonchev–Trinajstić information content (AvgIpc) is 2.86. The van der Waals surface area contributed by atoms with Crippen molar-refractivity contribution in [1.82, 2.24) is 13.6 Å². The monoisotopic (exact) mass is 440 g/mol. The first-order chi connectivity index (χ1) is 9.22. The van der Waals surface area contributed by atoms with Gasteiger partial charge in [-0.25, -0.2) is 3.64 Å². The van der Waals surface area contributed by atoms with Crippen LogP contribution in [0.4, 0.5) is 0 Å². The molecule has 0 aliphatic heterocycles. The fourth-order valence-corrected chi connectivity index (χ4v) is 1.58. The SMILES string of the molecule is C/C=C/Oc1nc2[nH]ccc2cc1Br.CC.NNI. The Kier molecular flexibility index (Phi) is 10.8. The molecule has 0 aromatic carbocycles. The van der Waals surface area contributed by atoms with Gasteiger partial charge < -0.3 is 9.72 Å². The summed E-state index contributed by atoms with van der Waals surface area (Å²) in [6, 6.07) is 3.93. The molecule has 2 aromatic rings. The molecule has 2 heterocycles. The molecule has 2 rings (SSSR count). The number of hydrazine groups is 1.